The summed E-state index contributed by atoms with van der Waals surface area (Å²) in [5, 5.41) is 0. The van der Waals surface area contributed by atoms with Gasteiger partial charge in [0.15, 0.2) is 0 Å². The summed E-state index contributed by atoms with van der Waals surface area (Å²) < 4.78 is 1.19. The molecule has 0 aromatic heterocycles. The summed E-state index contributed by atoms with van der Waals surface area (Å²) in [7, 11) is 0. The molecule has 0 saturated carbocycles. The SMILES string of the molecule is Brc1cccc(N2CCN3CCCC2CC3)c1. The number of hydrogen-bond acceptors (Lipinski definition) is 2. The lowest BCUT2D eigenvalue weighted by Crippen LogP contribution is -2.39. The molecule has 1 aromatic carbocycles. The van der Waals surface area contributed by atoms with Crippen LogP contribution < -0.4 is 4.90 Å². The van der Waals surface area contributed by atoms with Crippen molar-refractivity contribution in [2.24, 2.45) is 0 Å². The van der Waals surface area contributed by atoms with E-state index in [9.17, 15) is 0 Å². The predicted octanol–water partition coefficient (Wildman–Crippen LogP) is 3.12. The van der Waals surface area contributed by atoms with Crippen LogP contribution in [0, 0.1) is 0 Å². The molecule has 2 fully saturated rings. The first-order chi connectivity index (χ1) is 8.33. The molecule has 2 aliphatic heterocycles. The van der Waals surface area contributed by atoms with Gasteiger partial charge in [0.1, 0.15) is 0 Å². The Morgan fingerprint density at radius 1 is 1.06 bits per heavy atom. The Morgan fingerprint density at radius 2 is 2.00 bits per heavy atom. The molecule has 0 radical (unpaired) electrons. The fourth-order valence-corrected chi connectivity index (χ4v) is 3.49. The maximum atomic E-state index is 3.58. The third-order valence-corrected chi connectivity index (χ3v) is 4.52. The number of halogens is 1. The van der Waals surface area contributed by atoms with Crippen molar-refractivity contribution in [2.45, 2.75) is 25.3 Å². The van der Waals surface area contributed by atoms with Gasteiger partial charge in [-0.05, 0) is 44.0 Å². The van der Waals surface area contributed by atoms with Crippen molar-refractivity contribution < 1.29 is 0 Å². The molecule has 17 heavy (non-hydrogen) atoms. The van der Waals surface area contributed by atoms with Crippen LogP contribution in [0.15, 0.2) is 28.7 Å². The van der Waals surface area contributed by atoms with E-state index >= 15 is 0 Å². The molecule has 0 amide bonds. The normalized spacial score (nSPS) is 28.9. The molecule has 2 unspecified atom stereocenters. The molecule has 0 aliphatic carbocycles. The van der Waals surface area contributed by atoms with Gasteiger partial charge in [0, 0.05) is 35.8 Å². The zero-order chi connectivity index (χ0) is 11.7. The monoisotopic (exact) mass is 294 g/mol. The Hall–Kier alpha value is -0.540. The number of benzene rings is 1. The lowest BCUT2D eigenvalue weighted by atomic mass is 10.1. The molecular formula is C14H19BrN2. The minimum atomic E-state index is 0.747. The molecule has 3 heteroatoms. The van der Waals surface area contributed by atoms with E-state index in [0.717, 1.165) is 6.04 Å². The van der Waals surface area contributed by atoms with Gasteiger partial charge >= 0.3 is 0 Å². The van der Waals surface area contributed by atoms with Crippen LogP contribution in [0.1, 0.15) is 19.3 Å². The van der Waals surface area contributed by atoms with Gasteiger partial charge < -0.3 is 9.80 Å². The highest BCUT2D eigenvalue weighted by atomic mass is 79.9. The highest BCUT2D eigenvalue weighted by Gasteiger charge is 2.26. The highest BCUT2D eigenvalue weighted by Crippen LogP contribution is 2.28. The number of anilines is 1. The zero-order valence-corrected chi connectivity index (χ0v) is 11.7. The van der Waals surface area contributed by atoms with E-state index in [1.165, 1.54) is 55.6 Å². The van der Waals surface area contributed by atoms with Crippen molar-refractivity contribution >= 4 is 21.6 Å². The van der Waals surface area contributed by atoms with Crippen LogP contribution in [-0.4, -0.2) is 37.1 Å². The van der Waals surface area contributed by atoms with Crippen molar-refractivity contribution in [3.8, 4) is 0 Å². The summed E-state index contributed by atoms with van der Waals surface area (Å²) >= 11 is 3.58. The summed E-state index contributed by atoms with van der Waals surface area (Å²) in [6.45, 7) is 5.00. The molecular weight excluding hydrogens is 276 g/mol. The van der Waals surface area contributed by atoms with Crippen molar-refractivity contribution in [1.29, 1.82) is 0 Å². The van der Waals surface area contributed by atoms with Gasteiger partial charge in [0.2, 0.25) is 0 Å². The molecule has 2 heterocycles. The maximum absolute atomic E-state index is 3.58. The second-order valence-electron chi connectivity index (χ2n) is 5.10. The van der Waals surface area contributed by atoms with Crippen LogP contribution >= 0.6 is 15.9 Å². The number of rotatable bonds is 1. The summed E-state index contributed by atoms with van der Waals surface area (Å²) in [5.41, 5.74) is 1.38. The van der Waals surface area contributed by atoms with Crippen molar-refractivity contribution in [3.63, 3.8) is 0 Å². The fourth-order valence-electron chi connectivity index (χ4n) is 3.10. The molecule has 2 atom stereocenters. The third kappa shape index (κ3) is 2.50. The maximum Gasteiger partial charge on any atom is 0.0380 e. The van der Waals surface area contributed by atoms with Crippen molar-refractivity contribution in [2.75, 3.05) is 31.1 Å². The van der Waals surface area contributed by atoms with Crippen LogP contribution in [0.3, 0.4) is 0 Å². The van der Waals surface area contributed by atoms with Crippen LogP contribution in [0.2, 0.25) is 0 Å². The van der Waals surface area contributed by atoms with Crippen LogP contribution in [0.25, 0.3) is 0 Å². The van der Waals surface area contributed by atoms with E-state index in [2.05, 4.69) is 50.0 Å². The number of fused-ring (bicyclic) bond motifs is 3. The fraction of sp³-hybridized carbons (Fsp3) is 0.571. The minimum Gasteiger partial charge on any atom is -0.367 e. The van der Waals surface area contributed by atoms with Crippen molar-refractivity contribution in [1.82, 2.24) is 4.90 Å². The van der Waals surface area contributed by atoms with E-state index in [1.54, 1.807) is 0 Å². The molecule has 92 valence electrons. The van der Waals surface area contributed by atoms with Gasteiger partial charge in [0.25, 0.3) is 0 Å². The minimum absolute atomic E-state index is 0.747. The molecule has 3 rings (SSSR count). The molecule has 0 N–H and O–H groups in total. The lowest BCUT2D eigenvalue weighted by Gasteiger charge is -2.33. The third-order valence-electron chi connectivity index (χ3n) is 4.03. The Bertz CT molecular complexity index is 394. The van der Waals surface area contributed by atoms with Crippen LogP contribution in [0.5, 0.6) is 0 Å². The summed E-state index contributed by atoms with van der Waals surface area (Å²) in [6.07, 6.45) is 4.03. The molecule has 1 aromatic rings. The quantitative estimate of drug-likeness (QED) is 0.785. The first-order valence-corrected chi connectivity index (χ1v) is 7.37. The van der Waals surface area contributed by atoms with E-state index in [1.807, 2.05) is 0 Å². The Labute approximate surface area is 112 Å². The summed E-state index contributed by atoms with van der Waals surface area (Å²) in [5.74, 6) is 0. The van der Waals surface area contributed by atoms with Crippen molar-refractivity contribution in [3.05, 3.63) is 28.7 Å². The first kappa shape index (κ1) is 11.5. The second kappa shape index (κ2) is 4.99. The van der Waals surface area contributed by atoms with Gasteiger partial charge in [0.05, 0.1) is 0 Å². The number of hydrogen-bond donors (Lipinski definition) is 0. The number of nitrogens with zero attached hydrogens (tertiary/aromatic N) is 2. The van der Waals surface area contributed by atoms with Gasteiger partial charge in [-0.15, -0.1) is 0 Å². The topological polar surface area (TPSA) is 6.48 Å². The van der Waals surface area contributed by atoms with E-state index in [-0.39, 0.29) is 0 Å². The zero-order valence-electron chi connectivity index (χ0n) is 10.1. The molecule has 0 spiro atoms. The molecule has 2 saturated heterocycles. The molecule has 2 aliphatic rings. The standard InChI is InChI=1S/C14H19BrN2/c15-12-3-1-4-14(11-12)17-10-9-16-7-2-5-13(17)6-8-16/h1,3-4,11,13H,2,5-10H2. The van der Waals surface area contributed by atoms with E-state index in [0.29, 0.717) is 0 Å². The van der Waals surface area contributed by atoms with Crippen LogP contribution in [0.4, 0.5) is 5.69 Å². The van der Waals surface area contributed by atoms with Gasteiger partial charge in [-0.25, -0.2) is 0 Å². The second-order valence-corrected chi connectivity index (χ2v) is 6.02. The van der Waals surface area contributed by atoms with E-state index in [4.69, 9.17) is 0 Å². The molecule has 2 bridgehead atoms. The summed E-state index contributed by atoms with van der Waals surface area (Å²) in [6, 6.07) is 9.50. The first-order valence-electron chi connectivity index (χ1n) is 6.57. The van der Waals surface area contributed by atoms with E-state index < -0.39 is 0 Å². The average Bonchev–Trinajstić information content (AvgIpc) is 2.63. The predicted molar refractivity (Wildman–Crippen MR) is 75.6 cm³/mol. The van der Waals surface area contributed by atoms with Gasteiger partial charge in [-0.2, -0.15) is 0 Å². The Morgan fingerprint density at radius 3 is 2.88 bits per heavy atom. The van der Waals surface area contributed by atoms with Crippen LogP contribution in [-0.2, 0) is 0 Å². The molecule has 2 nitrogen and oxygen atoms in total. The smallest absolute Gasteiger partial charge is 0.0380 e. The summed E-state index contributed by atoms with van der Waals surface area (Å²) in [4.78, 5) is 5.24. The lowest BCUT2D eigenvalue weighted by molar-refractivity contribution is 0.298. The van der Waals surface area contributed by atoms with Gasteiger partial charge in [-0.3, -0.25) is 0 Å². The van der Waals surface area contributed by atoms with Gasteiger partial charge in [-0.1, -0.05) is 22.0 Å². The largest absolute Gasteiger partial charge is 0.367 e. The average molecular weight is 295 g/mol. The highest BCUT2D eigenvalue weighted by molar-refractivity contribution is 9.10. The Balaban J connectivity index is 1.86. The Kier molecular flexibility index (Phi) is 3.39.